The standard InChI is InChI=1S/C30H34F3N7O7/c1-18(41)34-16-23(26(43)44)37-25(42)22-11-8-20-14-24(22)46-13-5-3-2-4-12-45-21-9-6-19(7-10-21)15-35-27-38-28(36-20)40-29(39-27)47-17-30(31,32)33/h6-11,14,23H,2-5,12-13,15-17H2,1H3,(H,34,41)(H,37,42)(H,43,44)(H2,35,36,38,39,40)/t23-/m0/s1. The molecular formula is C30H34F3N7O7. The molecule has 2 amide bonds. The molecule has 0 unspecified atom stereocenters. The van der Waals surface area contributed by atoms with Crippen LogP contribution < -0.4 is 35.5 Å². The Kier molecular flexibility index (Phi) is 12.0. The summed E-state index contributed by atoms with van der Waals surface area (Å²) in [6.45, 7) is 0.204. The molecular weight excluding hydrogens is 627 g/mol. The summed E-state index contributed by atoms with van der Waals surface area (Å²) in [4.78, 5) is 48.3. The minimum atomic E-state index is -4.64. The lowest BCUT2D eigenvalue weighted by Gasteiger charge is -2.18. The molecule has 1 aromatic heterocycles. The second kappa shape index (κ2) is 16.3. The van der Waals surface area contributed by atoms with E-state index in [4.69, 9.17) is 14.2 Å². The topological polar surface area (TPSA) is 186 Å². The minimum Gasteiger partial charge on any atom is -0.494 e. The number of carboxylic acid groups (broad SMARTS) is 1. The van der Waals surface area contributed by atoms with E-state index in [1.54, 1.807) is 0 Å². The normalized spacial score (nSPS) is 14.5. The van der Waals surface area contributed by atoms with Crippen molar-refractivity contribution in [2.45, 2.75) is 51.4 Å². The molecule has 6 bridgehead atoms. The van der Waals surface area contributed by atoms with Crippen LogP contribution in [0.2, 0.25) is 0 Å². The van der Waals surface area contributed by atoms with Crippen LogP contribution in [0.1, 0.15) is 48.5 Å². The zero-order chi connectivity index (χ0) is 33.8. The summed E-state index contributed by atoms with van der Waals surface area (Å²) in [5.41, 5.74) is 1.13. The zero-order valence-corrected chi connectivity index (χ0v) is 25.4. The van der Waals surface area contributed by atoms with Gasteiger partial charge in [-0.2, -0.15) is 28.1 Å². The molecule has 5 rings (SSSR count). The van der Waals surface area contributed by atoms with Gasteiger partial charge in [-0.3, -0.25) is 9.59 Å². The number of hydrogen-bond donors (Lipinski definition) is 5. The van der Waals surface area contributed by atoms with Gasteiger partial charge in [0.25, 0.3) is 5.91 Å². The predicted molar refractivity (Wildman–Crippen MR) is 162 cm³/mol. The monoisotopic (exact) mass is 661 g/mol. The maximum Gasteiger partial charge on any atom is 0.422 e. The highest BCUT2D eigenvalue weighted by Gasteiger charge is 2.29. The number of alkyl halides is 3. The minimum absolute atomic E-state index is 0.00754. The highest BCUT2D eigenvalue weighted by molar-refractivity contribution is 5.99. The van der Waals surface area contributed by atoms with Crippen LogP contribution in [-0.2, 0) is 16.1 Å². The van der Waals surface area contributed by atoms with E-state index in [9.17, 15) is 32.7 Å². The van der Waals surface area contributed by atoms with Gasteiger partial charge in [-0.25, -0.2) is 4.79 Å². The highest BCUT2D eigenvalue weighted by Crippen LogP contribution is 2.27. The first-order valence-electron chi connectivity index (χ1n) is 14.7. The number of amides is 2. The lowest BCUT2D eigenvalue weighted by Crippen LogP contribution is -2.48. The van der Waals surface area contributed by atoms with Crippen molar-refractivity contribution >= 4 is 35.4 Å². The number of benzene rings is 2. The Labute approximate surface area is 267 Å². The lowest BCUT2D eigenvalue weighted by atomic mass is 10.1. The smallest absolute Gasteiger partial charge is 0.422 e. The summed E-state index contributed by atoms with van der Waals surface area (Å²) in [6, 6.07) is 9.56. The van der Waals surface area contributed by atoms with Gasteiger partial charge < -0.3 is 40.6 Å². The van der Waals surface area contributed by atoms with Gasteiger partial charge in [0.2, 0.25) is 17.8 Å². The third-order valence-corrected chi connectivity index (χ3v) is 6.56. The highest BCUT2D eigenvalue weighted by atomic mass is 19.4. The van der Waals surface area contributed by atoms with Crippen LogP contribution in [-0.4, -0.2) is 76.4 Å². The summed E-state index contributed by atoms with van der Waals surface area (Å²) in [5.74, 6) is -2.06. The fraction of sp³-hybridized carbons (Fsp3) is 0.400. The molecule has 5 N–H and O–H groups in total. The predicted octanol–water partition coefficient (Wildman–Crippen LogP) is 3.82. The van der Waals surface area contributed by atoms with E-state index in [0.717, 1.165) is 24.8 Å². The first-order chi connectivity index (χ1) is 22.4. The van der Waals surface area contributed by atoms with Crippen molar-refractivity contribution in [2.24, 2.45) is 0 Å². The fourth-order valence-electron chi connectivity index (χ4n) is 4.23. The number of halogens is 3. The molecule has 3 aromatic rings. The van der Waals surface area contributed by atoms with Gasteiger partial charge in [-0.15, -0.1) is 0 Å². The molecule has 3 heterocycles. The van der Waals surface area contributed by atoms with Crippen molar-refractivity contribution in [3.8, 4) is 17.5 Å². The Bertz CT molecular complexity index is 1540. The van der Waals surface area contributed by atoms with Crippen molar-refractivity contribution in [2.75, 3.05) is 37.0 Å². The first kappa shape index (κ1) is 34.5. The van der Waals surface area contributed by atoms with Gasteiger partial charge in [-0.05, 0) is 55.5 Å². The number of aromatic nitrogens is 3. The Morgan fingerprint density at radius 1 is 0.979 bits per heavy atom. The van der Waals surface area contributed by atoms with E-state index >= 15 is 0 Å². The number of rotatable bonds is 7. The molecule has 2 aliphatic heterocycles. The summed E-state index contributed by atoms with van der Waals surface area (Å²) in [7, 11) is 0. The maximum absolute atomic E-state index is 13.2. The van der Waals surface area contributed by atoms with Gasteiger partial charge in [0.15, 0.2) is 6.61 Å². The Balaban J connectivity index is 1.63. The van der Waals surface area contributed by atoms with Crippen LogP contribution in [0.25, 0.3) is 0 Å². The second-order valence-corrected chi connectivity index (χ2v) is 10.4. The summed E-state index contributed by atoms with van der Waals surface area (Å²) in [6.07, 6.45) is -1.53. The summed E-state index contributed by atoms with van der Waals surface area (Å²) in [5, 5.41) is 20.1. The number of nitrogens with one attached hydrogen (secondary N) is 4. The SMILES string of the molecule is CC(=O)NC[C@H](NC(=O)c1ccc2cc1OCCCCCCOc1ccc(cc1)CNc1nc(nc(OCC(F)(F)F)n1)N2)C(=O)O. The molecule has 0 saturated carbocycles. The Morgan fingerprint density at radius 3 is 2.36 bits per heavy atom. The average Bonchev–Trinajstić information content (AvgIpc) is 3.02. The molecule has 0 saturated heterocycles. The number of hydrogen-bond acceptors (Lipinski definition) is 11. The number of carbonyl (C=O) groups is 3. The van der Waals surface area contributed by atoms with Crippen molar-refractivity contribution in [3.05, 3.63) is 53.6 Å². The van der Waals surface area contributed by atoms with Gasteiger partial charge >= 0.3 is 18.2 Å². The molecule has 0 fully saturated rings. The number of carboxylic acids is 1. The molecule has 0 radical (unpaired) electrons. The average molecular weight is 662 g/mol. The quantitative estimate of drug-likeness (QED) is 0.247. The van der Waals surface area contributed by atoms with E-state index < -0.39 is 42.6 Å². The molecule has 17 heteroatoms. The van der Waals surface area contributed by atoms with E-state index in [1.807, 2.05) is 24.3 Å². The lowest BCUT2D eigenvalue weighted by molar-refractivity contribution is -0.154. The zero-order valence-electron chi connectivity index (χ0n) is 25.4. The second-order valence-electron chi connectivity index (χ2n) is 10.4. The first-order valence-corrected chi connectivity index (χ1v) is 14.7. The van der Waals surface area contributed by atoms with E-state index in [1.165, 1.54) is 25.1 Å². The van der Waals surface area contributed by atoms with Crippen LogP contribution in [0.5, 0.6) is 17.5 Å². The van der Waals surface area contributed by atoms with Crippen molar-refractivity contribution < 1.29 is 46.9 Å². The molecule has 252 valence electrons. The fourth-order valence-corrected chi connectivity index (χ4v) is 4.23. The van der Waals surface area contributed by atoms with Gasteiger partial charge in [-0.1, -0.05) is 12.1 Å². The molecule has 0 aliphatic carbocycles. The largest absolute Gasteiger partial charge is 0.494 e. The van der Waals surface area contributed by atoms with Crippen LogP contribution >= 0.6 is 0 Å². The third kappa shape index (κ3) is 11.5. The summed E-state index contributed by atoms with van der Waals surface area (Å²) >= 11 is 0. The Hall–Kier alpha value is -5.35. The third-order valence-electron chi connectivity index (χ3n) is 6.56. The maximum atomic E-state index is 13.2. The van der Waals surface area contributed by atoms with Crippen LogP contribution in [0.3, 0.4) is 0 Å². The molecule has 2 aliphatic rings. The molecule has 1 atom stereocenters. The van der Waals surface area contributed by atoms with Crippen LogP contribution in [0.4, 0.5) is 30.8 Å². The van der Waals surface area contributed by atoms with E-state index in [2.05, 4.69) is 36.2 Å². The van der Waals surface area contributed by atoms with Gasteiger partial charge in [0.05, 0.1) is 18.8 Å². The van der Waals surface area contributed by atoms with E-state index in [0.29, 0.717) is 24.5 Å². The number of anilines is 3. The molecule has 0 spiro atoms. The van der Waals surface area contributed by atoms with Crippen LogP contribution in [0, 0.1) is 0 Å². The number of fused-ring (bicyclic) bond motifs is 10. The number of carbonyl (C=O) groups excluding carboxylic acids is 2. The number of aliphatic carboxylic acids is 1. The summed E-state index contributed by atoms with van der Waals surface area (Å²) < 4.78 is 55.2. The van der Waals surface area contributed by atoms with Crippen molar-refractivity contribution in [1.82, 2.24) is 25.6 Å². The molecule has 47 heavy (non-hydrogen) atoms. The van der Waals surface area contributed by atoms with Gasteiger partial charge in [0, 0.05) is 31.8 Å². The Morgan fingerprint density at radius 2 is 1.68 bits per heavy atom. The van der Waals surface area contributed by atoms with Crippen molar-refractivity contribution in [1.29, 1.82) is 0 Å². The van der Waals surface area contributed by atoms with Gasteiger partial charge in [0.1, 0.15) is 17.5 Å². The number of ether oxygens (including phenoxy) is 3. The van der Waals surface area contributed by atoms with Crippen molar-refractivity contribution in [3.63, 3.8) is 0 Å². The molecule has 2 aromatic carbocycles. The van der Waals surface area contributed by atoms with Crippen LogP contribution in [0.15, 0.2) is 42.5 Å². The number of nitrogens with zero attached hydrogens (tertiary/aromatic N) is 3. The molecule has 14 nitrogen and oxygen atoms in total. The van der Waals surface area contributed by atoms with E-state index in [-0.39, 0.29) is 42.9 Å².